The van der Waals surface area contributed by atoms with Gasteiger partial charge in [-0.05, 0) is 46.0 Å². The van der Waals surface area contributed by atoms with Crippen molar-refractivity contribution in [2.45, 2.75) is 44.6 Å². The molecule has 51 heavy (non-hydrogen) atoms. The third kappa shape index (κ3) is 6.98. The van der Waals surface area contributed by atoms with E-state index in [1.165, 1.54) is 0 Å². The van der Waals surface area contributed by atoms with E-state index >= 15 is 0 Å². The highest BCUT2D eigenvalue weighted by Crippen LogP contribution is 2.39. The second kappa shape index (κ2) is 14.4. The highest BCUT2D eigenvalue weighted by molar-refractivity contribution is 5.94. The number of rotatable bonds is 9. The highest BCUT2D eigenvalue weighted by atomic mass is 19.2. The number of hydrogen-bond acceptors (Lipinski definition) is 5. The number of para-hydroxylation sites is 2. The summed E-state index contributed by atoms with van der Waals surface area (Å²) in [5, 5.41) is 11.8. The second-order valence-corrected chi connectivity index (χ2v) is 12.2. The van der Waals surface area contributed by atoms with Gasteiger partial charge in [0, 0.05) is 18.5 Å². The number of amides is 1. The summed E-state index contributed by atoms with van der Waals surface area (Å²) in [5.41, 5.74) is 4.96. The number of halogens is 5. The summed E-state index contributed by atoms with van der Waals surface area (Å²) in [6.45, 7) is 0.260. The lowest BCUT2D eigenvalue weighted by Gasteiger charge is -2.36. The van der Waals surface area contributed by atoms with E-state index in [-0.39, 0.29) is 25.4 Å². The number of carbonyl (C=O) groups is 1. The fourth-order valence-corrected chi connectivity index (χ4v) is 6.18. The molecule has 0 spiro atoms. The number of aromatic nitrogens is 2. The number of fused-ring (bicyclic) bond motifs is 1. The van der Waals surface area contributed by atoms with Gasteiger partial charge in [-0.1, -0.05) is 78.9 Å². The van der Waals surface area contributed by atoms with Crippen LogP contribution in [0, 0.1) is 29.1 Å². The topological polar surface area (TPSA) is 85.6 Å². The first-order chi connectivity index (χ1) is 24.7. The summed E-state index contributed by atoms with van der Waals surface area (Å²) >= 11 is 0. The molecule has 2 N–H and O–H groups in total. The smallest absolute Gasteiger partial charge is 0.257 e. The first kappa shape index (κ1) is 34.0. The Balaban J connectivity index is 1.08. The van der Waals surface area contributed by atoms with Gasteiger partial charge in [-0.25, -0.2) is 26.9 Å². The number of nitrogens with one attached hydrogen (secondary N) is 1. The molecule has 1 aliphatic rings. The molecule has 0 aliphatic carbocycles. The van der Waals surface area contributed by atoms with Crippen LogP contribution in [0.3, 0.4) is 0 Å². The number of imidazole rings is 1. The molecular formula is C39H30F5N3O4. The minimum atomic E-state index is -2.33. The summed E-state index contributed by atoms with van der Waals surface area (Å²) in [4.78, 5) is 17.0. The van der Waals surface area contributed by atoms with Crippen LogP contribution < -0.4 is 5.32 Å². The zero-order chi connectivity index (χ0) is 35.6. The Hall–Kier alpha value is -5.43. The number of benzene rings is 5. The lowest BCUT2D eigenvalue weighted by Crippen LogP contribution is -2.32. The predicted molar refractivity (Wildman–Crippen MR) is 177 cm³/mol. The molecule has 0 unspecified atom stereocenters. The van der Waals surface area contributed by atoms with Gasteiger partial charge in [-0.15, -0.1) is 0 Å². The first-order valence-electron chi connectivity index (χ1n) is 16.1. The van der Waals surface area contributed by atoms with E-state index in [0.717, 1.165) is 38.9 Å². The monoisotopic (exact) mass is 699 g/mol. The second-order valence-electron chi connectivity index (χ2n) is 12.2. The van der Waals surface area contributed by atoms with Gasteiger partial charge in [-0.2, -0.15) is 0 Å². The van der Waals surface area contributed by atoms with Crippen molar-refractivity contribution < 1.29 is 41.3 Å². The molecule has 1 aromatic heterocycles. The predicted octanol–water partition coefficient (Wildman–Crippen LogP) is 8.07. The fraction of sp³-hybridized carbons (Fsp3) is 0.179. The van der Waals surface area contributed by atoms with Crippen molar-refractivity contribution in [1.82, 2.24) is 14.9 Å². The normalized spacial score (nSPS) is 17.5. The van der Waals surface area contributed by atoms with Crippen molar-refractivity contribution in [3.63, 3.8) is 0 Å². The maximum Gasteiger partial charge on any atom is 0.257 e. The molecule has 1 amide bonds. The lowest BCUT2D eigenvalue weighted by atomic mass is 9.99. The Morgan fingerprint density at radius 3 is 2.18 bits per heavy atom. The molecule has 1 saturated heterocycles. The van der Waals surface area contributed by atoms with Crippen LogP contribution in [-0.4, -0.2) is 26.7 Å². The van der Waals surface area contributed by atoms with Crippen LogP contribution in [0.15, 0.2) is 103 Å². The molecule has 260 valence electrons. The van der Waals surface area contributed by atoms with Crippen molar-refractivity contribution in [3.05, 3.63) is 160 Å². The molecular weight excluding hydrogens is 669 g/mol. The third-order valence-electron chi connectivity index (χ3n) is 8.88. The number of aliphatic hydroxyl groups is 1. The van der Waals surface area contributed by atoms with Crippen LogP contribution in [0.5, 0.6) is 0 Å². The van der Waals surface area contributed by atoms with Crippen LogP contribution in [0.2, 0.25) is 0 Å². The Morgan fingerprint density at radius 2 is 1.45 bits per heavy atom. The summed E-state index contributed by atoms with van der Waals surface area (Å²) in [6, 6.07) is 30.0. The third-order valence-corrected chi connectivity index (χ3v) is 8.88. The van der Waals surface area contributed by atoms with E-state index < -0.39 is 46.8 Å². The Bertz CT molecular complexity index is 2180. The average Bonchev–Trinajstić information content (AvgIpc) is 3.58. The molecule has 7 nitrogen and oxygen atoms in total. The van der Waals surface area contributed by atoms with Crippen LogP contribution >= 0.6 is 0 Å². The zero-order valence-corrected chi connectivity index (χ0v) is 26.8. The minimum Gasteiger partial charge on any atom is -0.392 e. The Labute approximate surface area is 288 Å². The van der Waals surface area contributed by atoms with Crippen LogP contribution in [0.1, 0.15) is 51.4 Å². The SMILES string of the molecule is O=C(NCc1cccc(-c2ccc([C@H]3O[C@@H](Cn4cnc5ccccc54)C[C@@H](c4ccc(CO)cc4)O3)cc2)c1)c1c(F)c(F)c(F)c(F)c1F. The molecule has 0 saturated carbocycles. The maximum absolute atomic E-state index is 14.1. The van der Waals surface area contributed by atoms with Crippen molar-refractivity contribution >= 4 is 16.9 Å². The fourth-order valence-electron chi connectivity index (χ4n) is 6.18. The Morgan fingerprint density at radius 1 is 0.765 bits per heavy atom. The summed E-state index contributed by atoms with van der Waals surface area (Å²) in [5.74, 6) is -12.6. The number of aliphatic hydroxyl groups excluding tert-OH is 1. The first-order valence-corrected chi connectivity index (χ1v) is 16.1. The molecule has 1 aliphatic heterocycles. The maximum atomic E-state index is 14.1. The molecule has 2 heterocycles. The summed E-state index contributed by atoms with van der Waals surface area (Å²) in [6.07, 6.45) is 1.19. The molecule has 7 rings (SSSR count). The van der Waals surface area contributed by atoms with E-state index in [2.05, 4.69) is 14.9 Å². The Kier molecular flexibility index (Phi) is 9.63. The molecule has 0 radical (unpaired) electrons. The van der Waals surface area contributed by atoms with Gasteiger partial charge in [0.05, 0.1) is 42.7 Å². The van der Waals surface area contributed by atoms with Gasteiger partial charge >= 0.3 is 0 Å². The van der Waals surface area contributed by atoms with Crippen molar-refractivity contribution in [3.8, 4) is 11.1 Å². The van der Waals surface area contributed by atoms with Crippen LogP contribution in [-0.2, 0) is 29.2 Å². The van der Waals surface area contributed by atoms with Gasteiger partial charge in [0.1, 0.15) is 5.56 Å². The molecule has 1 fully saturated rings. The zero-order valence-electron chi connectivity index (χ0n) is 26.8. The number of carbonyl (C=O) groups excluding carboxylic acids is 1. The number of hydrogen-bond donors (Lipinski definition) is 2. The van der Waals surface area contributed by atoms with E-state index in [1.807, 2.05) is 78.9 Å². The average molecular weight is 700 g/mol. The van der Waals surface area contributed by atoms with Crippen LogP contribution in [0.4, 0.5) is 22.0 Å². The quantitative estimate of drug-likeness (QED) is 0.0907. The summed E-state index contributed by atoms with van der Waals surface area (Å²) < 4.78 is 83.9. The van der Waals surface area contributed by atoms with Gasteiger partial charge in [0.15, 0.2) is 29.6 Å². The van der Waals surface area contributed by atoms with Crippen molar-refractivity contribution in [2.75, 3.05) is 0 Å². The van der Waals surface area contributed by atoms with Gasteiger partial charge in [-0.3, -0.25) is 4.79 Å². The molecule has 0 bridgehead atoms. The van der Waals surface area contributed by atoms with Crippen LogP contribution in [0.25, 0.3) is 22.2 Å². The highest BCUT2D eigenvalue weighted by Gasteiger charge is 2.33. The molecule has 6 aromatic rings. The largest absolute Gasteiger partial charge is 0.392 e. The summed E-state index contributed by atoms with van der Waals surface area (Å²) in [7, 11) is 0. The number of nitrogens with zero attached hydrogens (tertiary/aromatic N) is 2. The molecule has 5 aromatic carbocycles. The van der Waals surface area contributed by atoms with Crippen molar-refractivity contribution in [1.29, 1.82) is 0 Å². The minimum absolute atomic E-state index is 0.0594. The van der Waals surface area contributed by atoms with Gasteiger partial charge in [0.25, 0.3) is 5.91 Å². The lowest BCUT2D eigenvalue weighted by molar-refractivity contribution is -0.252. The molecule has 12 heteroatoms. The number of ether oxygens (including phenoxy) is 2. The van der Waals surface area contributed by atoms with E-state index in [9.17, 15) is 31.9 Å². The van der Waals surface area contributed by atoms with Gasteiger partial charge in [0.2, 0.25) is 5.82 Å². The van der Waals surface area contributed by atoms with E-state index in [1.54, 1.807) is 24.5 Å². The molecule has 3 atom stereocenters. The van der Waals surface area contributed by atoms with E-state index in [0.29, 0.717) is 18.5 Å². The standard InChI is InChI=1S/C39H30F5N3O4/c40-33-32(34(41)36(43)37(44)35(33)42)38(49)45-18-23-4-3-5-27(16-23)24-12-14-26(15-13-24)39-50-28(19-47-21-46-29-6-1-2-7-30(29)47)17-31(51-39)25-10-8-22(20-48)9-11-25/h1-16,21,28,31,39,48H,17-20H2,(H,45,49)/t28-,31+,39+/m1/s1. The van der Waals surface area contributed by atoms with E-state index in [4.69, 9.17) is 9.47 Å². The van der Waals surface area contributed by atoms with Gasteiger partial charge < -0.3 is 24.5 Å². The van der Waals surface area contributed by atoms with Crippen molar-refractivity contribution in [2.24, 2.45) is 0 Å².